The molecule has 0 saturated carbocycles. The molecule has 4 rings (SSSR count). The van der Waals surface area contributed by atoms with Crippen LogP contribution in [0.2, 0.25) is 0 Å². The minimum absolute atomic E-state index is 0.0222. The van der Waals surface area contributed by atoms with Gasteiger partial charge in [-0.2, -0.15) is 0 Å². The Labute approximate surface area is 171 Å². The quantitative estimate of drug-likeness (QED) is 0.835. The van der Waals surface area contributed by atoms with E-state index in [4.69, 9.17) is 14.5 Å². The van der Waals surface area contributed by atoms with E-state index in [0.29, 0.717) is 12.5 Å². The monoisotopic (exact) mass is 398 g/mol. The number of aromatic nitrogens is 2. The molecule has 0 spiro atoms. The highest BCUT2D eigenvalue weighted by molar-refractivity contribution is 5.43. The van der Waals surface area contributed by atoms with Gasteiger partial charge in [0.1, 0.15) is 0 Å². The van der Waals surface area contributed by atoms with E-state index in [-0.39, 0.29) is 5.56 Å². The lowest BCUT2D eigenvalue weighted by molar-refractivity contribution is 0.240. The third-order valence-corrected chi connectivity index (χ3v) is 5.95. The molecule has 1 N–H and O–H groups in total. The SMILES string of the molecule is COc1ccc(CN2CCc3c(nc(N4CCC[C@H](C)C4)[nH]c3=O)C2)cc1OC. The molecular weight excluding hydrogens is 368 g/mol. The normalized spacial score (nSPS) is 19.7. The van der Waals surface area contributed by atoms with Crippen LogP contribution in [0.5, 0.6) is 11.5 Å². The molecule has 1 fully saturated rings. The molecule has 1 saturated heterocycles. The topological polar surface area (TPSA) is 70.7 Å². The van der Waals surface area contributed by atoms with Crippen molar-refractivity contribution in [2.75, 3.05) is 38.8 Å². The highest BCUT2D eigenvalue weighted by Gasteiger charge is 2.24. The summed E-state index contributed by atoms with van der Waals surface area (Å²) in [5.41, 5.74) is 2.92. The number of benzene rings is 1. The van der Waals surface area contributed by atoms with E-state index < -0.39 is 0 Å². The molecule has 7 nitrogen and oxygen atoms in total. The van der Waals surface area contributed by atoms with Crippen LogP contribution >= 0.6 is 0 Å². The zero-order valence-electron chi connectivity index (χ0n) is 17.5. The number of piperidine rings is 1. The fourth-order valence-electron chi connectivity index (χ4n) is 4.38. The van der Waals surface area contributed by atoms with E-state index in [1.807, 2.05) is 12.1 Å². The Bertz CT molecular complexity index is 927. The molecule has 2 aromatic rings. The fourth-order valence-corrected chi connectivity index (χ4v) is 4.38. The van der Waals surface area contributed by atoms with E-state index >= 15 is 0 Å². The van der Waals surface area contributed by atoms with E-state index in [2.05, 4.69) is 27.8 Å². The van der Waals surface area contributed by atoms with Crippen molar-refractivity contribution in [1.82, 2.24) is 14.9 Å². The Kier molecular flexibility index (Phi) is 5.76. The number of fused-ring (bicyclic) bond motifs is 1. The van der Waals surface area contributed by atoms with Gasteiger partial charge >= 0.3 is 0 Å². The largest absolute Gasteiger partial charge is 0.493 e. The second-order valence-electron chi connectivity index (χ2n) is 8.16. The van der Waals surface area contributed by atoms with E-state index in [1.54, 1.807) is 14.2 Å². The number of anilines is 1. The summed E-state index contributed by atoms with van der Waals surface area (Å²) in [6.45, 7) is 6.48. The minimum atomic E-state index is 0.0222. The van der Waals surface area contributed by atoms with Crippen LogP contribution in [0.15, 0.2) is 23.0 Å². The van der Waals surface area contributed by atoms with Crippen LogP contribution in [-0.2, 0) is 19.5 Å². The van der Waals surface area contributed by atoms with Gasteiger partial charge in [0.15, 0.2) is 11.5 Å². The van der Waals surface area contributed by atoms with Crippen LogP contribution in [-0.4, -0.2) is 48.7 Å². The van der Waals surface area contributed by atoms with Gasteiger partial charge in [-0.15, -0.1) is 0 Å². The molecule has 0 unspecified atom stereocenters. The number of rotatable bonds is 5. The van der Waals surface area contributed by atoms with Crippen LogP contribution in [0.4, 0.5) is 5.95 Å². The zero-order chi connectivity index (χ0) is 20.4. The molecule has 0 bridgehead atoms. The van der Waals surface area contributed by atoms with Crippen LogP contribution < -0.4 is 19.9 Å². The summed E-state index contributed by atoms with van der Waals surface area (Å²) in [5, 5.41) is 0. The molecule has 1 aromatic carbocycles. The minimum Gasteiger partial charge on any atom is -0.493 e. The first-order chi connectivity index (χ1) is 14.1. The Morgan fingerprint density at radius 3 is 2.79 bits per heavy atom. The smallest absolute Gasteiger partial charge is 0.255 e. The number of aromatic amines is 1. The molecule has 2 aliphatic rings. The number of nitrogens with zero attached hydrogens (tertiary/aromatic N) is 3. The number of methoxy groups -OCH3 is 2. The lowest BCUT2D eigenvalue weighted by Crippen LogP contribution is -2.39. The van der Waals surface area contributed by atoms with Crippen LogP contribution in [0.25, 0.3) is 0 Å². The van der Waals surface area contributed by atoms with Gasteiger partial charge in [0.25, 0.3) is 5.56 Å². The van der Waals surface area contributed by atoms with Gasteiger partial charge in [0, 0.05) is 38.3 Å². The van der Waals surface area contributed by atoms with Crippen LogP contribution in [0.1, 0.15) is 36.6 Å². The summed E-state index contributed by atoms with van der Waals surface area (Å²) in [5.74, 6) is 2.83. The van der Waals surface area contributed by atoms with Crippen LogP contribution in [0, 0.1) is 5.92 Å². The van der Waals surface area contributed by atoms with E-state index in [9.17, 15) is 4.79 Å². The molecule has 2 aliphatic heterocycles. The number of hydrogen-bond acceptors (Lipinski definition) is 6. The molecule has 1 atom stereocenters. The molecule has 0 aliphatic carbocycles. The standard InChI is InChI=1S/C22H30N4O3/c1-15-5-4-9-26(12-15)22-23-18-14-25(10-8-17(18)21(27)24-22)13-16-6-7-19(28-2)20(11-16)29-3/h6-7,11,15H,4-5,8-10,12-14H2,1-3H3,(H,23,24,27)/t15-/m0/s1. The zero-order valence-corrected chi connectivity index (χ0v) is 17.5. The average Bonchev–Trinajstić information content (AvgIpc) is 2.73. The second kappa shape index (κ2) is 8.45. The average molecular weight is 399 g/mol. The number of ether oxygens (including phenoxy) is 2. The Morgan fingerprint density at radius 2 is 2.03 bits per heavy atom. The molecule has 3 heterocycles. The first kappa shape index (κ1) is 19.8. The number of hydrogen-bond donors (Lipinski definition) is 1. The lowest BCUT2D eigenvalue weighted by atomic mass is 10.0. The van der Waals surface area contributed by atoms with E-state index in [0.717, 1.165) is 73.3 Å². The van der Waals surface area contributed by atoms with Crippen molar-refractivity contribution in [1.29, 1.82) is 0 Å². The maximum atomic E-state index is 12.7. The van der Waals surface area contributed by atoms with Gasteiger partial charge in [-0.25, -0.2) is 4.98 Å². The fraction of sp³-hybridized carbons (Fsp3) is 0.545. The number of nitrogens with one attached hydrogen (secondary N) is 1. The van der Waals surface area contributed by atoms with E-state index in [1.165, 1.54) is 6.42 Å². The van der Waals surface area contributed by atoms with Gasteiger partial charge in [0.2, 0.25) is 5.95 Å². The lowest BCUT2D eigenvalue weighted by Gasteiger charge is -2.33. The maximum Gasteiger partial charge on any atom is 0.255 e. The molecule has 7 heteroatoms. The molecular formula is C22H30N4O3. The number of H-pyrrole nitrogens is 1. The summed E-state index contributed by atoms with van der Waals surface area (Å²) in [4.78, 5) is 25.1. The highest BCUT2D eigenvalue weighted by Crippen LogP contribution is 2.29. The first-order valence-corrected chi connectivity index (χ1v) is 10.4. The summed E-state index contributed by atoms with van der Waals surface area (Å²) in [6.07, 6.45) is 3.11. The van der Waals surface area contributed by atoms with Gasteiger partial charge in [0.05, 0.1) is 19.9 Å². The predicted molar refractivity (Wildman–Crippen MR) is 113 cm³/mol. The molecule has 156 valence electrons. The van der Waals surface area contributed by atoms with Crippen LogP contribution in [0.3, 0.4) is 0 Å². The molecule has 29 heavy (non-hydrogen) atoms. The van der Waals surface area contributed by atoms with Gasteiger partial charge < -0.3 is 14.4 Å². The molecule has 1 aromatic heterocycles. The van der Waals surface area contributed by atoms with Crippen molar-refractivity contribution in [3.8, 4) is 11.5 Å². The Hall–Kier alpha value is -2.54. The second-order valence-corrected chi connectivity index (χ2v) is 8.16. The third-order valence-electron chi connectivity index (χ3n) is 5.95. The van der Waals surface area contributed by atoms with Gasteiger partial charge in [-0.3, -0.25) is 14.7 Å². The summed E-state index contributed by atoms with van der Waals surface area (Å²) in [7, 11) is 3.29. The molecule has 0 amide bonds. The predicted octanol–water partition coefficient (Wildman–Crippen LogP) is 2.58. The third kappa shape index (κ3) is 4.24. The van der Waals surface area contributed by atoms with Crippen molar-refractivity contribution in [2.45, 2.75) is 39.3 Å². The first-order valence-electron chi connectivity index (χ1n) is 10.4. The highest BCUT2D eigenvalue weighted by atomic mass is 16.5. The van der Waals surface area contributed by atoms with Crippen molar-refractivity contribution < 1.29 is 9.47 Å². The Morgan fingerprint density at radius 1 is 1.21 bits per heavy atom. The van der Waals surface area contributed by atoms with Crippen molar-refractivity contribution >= 4 is 5.95 Å². The maximum absolute atomic E-state index is 12.7. The Balaban J connectivity index is 1.52. The summed E-state index contributed by atoms with van der Waals surface area (Å²) >= 11 is 0. The van der Waals surface area contributed by atoms with Gasteiger partial charge in [-0.05, 0) is 42.9 Å². The van der Waals surface area contributed by atoms with Crippen molar-refractivity contribution in [2.24, 2.45) is 5.92 Å². The van der Waals surface area contributed by atoms with Gasteiger partial charge in [-0.1, -0.05) is 13.0 Å². The summed E-state index contributed by atoms with van der Waals surface area (Å²) in [6, 6.07) is 6.01. The van der Waals surface area contributed by atoms with Crippen molar-refractivity contribution in [3.05, 3.63) is 45.4 Å². The van der Waals surface area contributed by atoms with Crippen molar-refractivity contribution in [3.63, 3.8) is 0 Å². The summed E-state index contributed by atoms with van der Waals surface area (Å²) < 4.78 is 10.8. The molecule has 0 radical (unpaired) electrons.